The molecule has 0 aromatic heterocycles. The first-order valence-electron chi connectivity index (χ1n) is 4.74. The van der Waals surface area contributed by atoms with E-state index in [1.165, 1.54) is 0 Å². The molecule has 0 saturated heterocycles. The van der Waals surface area contributed by atoms with Gasteiger partial charge in [-0.3, -0.25) is 30.3 Å². The van der Waals surface area contributed by atoms with Crippen molar-refractivity contribution in [2.45, 2.75) is 18.5 Å². The van der Waals surface area contributed by atoms with Gasteiger partial charge in [0, 0.05) is 4.92 Å². The molecule has 1 rings (SSSR count). The van der Waals surface area contributed by atoms with Crippen LogP contribution >= 0.6 is 0 Å². The summed E-state index contributed by atoms with van der Waals surface area (Å²) >= 11 is 0. The number of rotatable bonds is 3. The standard InChI is InChI=1S/C7H10N6O6/c1-7(10)5(12(16)17)2(8)4(11(14)15)3(9)6(7)13(18)19/h5H,8-10H2,1H3. The van der Waals surface area contributed by atoms with E-state index in [-0.39, 0.29) is 0 Å². The fourth-order valence-corrected chi connectivity index (χ4v) is 1.97. The second kappa shape index (κ2) is 4.16. The van der Waals surface area contributed by atoms with Gasteiger partial charge in [0.05, 0.1) is 9.85 Å². The highest BCUT2D eigenvalue weighted by Gasteiger charge is 2.59. The summed E-state index contributed by atoms with van der Waals surface area (Å²) < 4.78 is 0. The van der Waals surface area contributed by atoms with Crippen LogP contribution in [-0.2, 0) is 0 Å². The van der Waals surface area contributed by atoms with Crippen LogP contribution in [0, 0.1) is 30.3 Å². The van der Waals surface area contributed by atoms with E-state index in [1.54, 1.807) is 0 Å². The lowest BCUT2D eigenvalue weighted by atomic mass is 9.82. The van der Waals surface area contributed by atoms with Crippen molar-refractivity contribution in [1.82, 2.24) is 0 Å². The molecule has 19 heavy (non-hydrogen) atoms. The van der Waals surface area contributed by atoms with Crippen molar-refractivity contribution in [2.75, 3.05) is 0 Å². The molecule has 104 valence electrons. The average Bonchev–Trinajstić information content (AvgIpc) is 2.11. The third-order valence-electron chi connectivity index (χ3n) is 2.73. The number of hydrogen-bond donors (Lipinski definition) is 3. The maximum absolute atomic E-state index is 10.9. The van der Waals surface area contributed by atoms with Gasteiger partial charge in [0.1, 0.15) is 0 Å². The zero-order chi connectivity index (χ0) is 15.1. The minimum Gasteiger partial charge on any atom is -0.391 e. The maximum atomic E-state index is 10.9. The van der Waals surface area contributed by atoms with Crippen LogP contribution in [-0.4, -0.2) is 26.4 Å². The van der Waals surface area contributed by atoms with Crippen LogP contribution in [0.1, 0.15) is 6.92 Å². The second-order valence-electron chi connectivity index (χ2n) is 4.05. The Kier molecular flexibility index (Phi) is 3.13. The lowest BCUT2D eigenvalue weighted by molar-refractivity contribution is -0.537. The zero-order valence-corrected chi connectivity index (χ0v) is 9.60. The van der Waals surface area contributed by atoms with Crippen LogP contribution in [0.3, 0.4) is 0 Å². The summed E-state index contributed by atoms with van der Waals surface area (Å²) in [5.41, 5.74) is 10.3. The molecule has 12 heteroatoms. The molecule has 6 N–H and O–H groups in total. The molecule has 0 amide bonds. The Hall–Kier alpha value is -2.76. The third kappa shape index (κ3) is 1.93. The van der Waals surface area contributed by atoms with Crippen molar-refractivity contribution in [3.8, 4) is 0 Å². The van der Waals surface area contributed by atoms with Gasteiger partial charge in [0.25, 0.3) is 6.04 Å². The molecule has 0 aliphatic heterocycles. The van der Waals surface area contributed by atoms with Gasteiger partial charge in [0.15, 0.2) is 16.9 Å². The van der Waals surface area contributed by atoms with Crippen molar-refractivity contribution in [3.63, 3.8) is 0 Å². The summed E-state index contributed by atoms with van der Waals surface area (Å²) in [5, 5.41) is 32.6. The summed E-state index contributed by atoms with van der Waals surface area (Å²) in [7, 11) is 0. The molecular formula is C7H10N6O6. The van der Waals surface area contributed by atoms with E-state index in [0.717, 1.165) is 6.92 Å². The van der Waals surface area contributed by atoms with E-state index >= 15 is 0 Å². The summed E-state index contributed by atoms with van der Waals surface area (Å²) in [6, 6.07) is -2.01. The van der Waals surface area contributed by atoms with E-state index in [2.05, 4.69) is 0 Å². The van der Waals surface area contributed by atoms with Crippen molar-refractivity contribution < 1.29 is 14.8 Å². The van der Waals surface area contributed by atoms with Gasteiger partial charge in [-0.1, -0.05) is 0 Å². The van der Waals surface area contributed by atoms with Crippen molar-refractivity contribution >= 4 is 0 Å². The van der Waals surface area contributed by atoms with Crippen LogP contribution in [0.15, 0.2) is 22.8 Å². The Bertz CT molecular complexity index is 548. The average molecular weight is 274 g/mol. The van der Waals surface area contributed by atoms with Crippen LogP contribution in [0.5, 0.6) is 0 Å². The van der Waals surface area contributed by atoms with Crippen molar-refractivity contribution in [1.29, 1.82) is 0 Å². The Morgan fingerprint density at radius 1 is 1.11 bits per heavy atom. The molecule has 0 spiro atoms. The molecule has 0 heterocycles. The summed E-state index contributed by atoms with van der Waals surface area (Å²) in [4.78, 5) is 29.4. The molecule has 0 bridgehead atoms. The van der Waals surface area contributed by atoms with Crippen LogP contribution < -0.4 is 17.2 Å². The summed E-state index contributed by atoms with van der Waals surface area (Å²) in [6.07, 6.45) is 0. The SMILES string of the molecule is CC1(N)C([N+](=O)[O-])=C(N)C([N+](=O)[O-])=C(N)C1[N+](=O)[O-]. The van der Waals surface area contributed by atoms with Crippen LogP contribution in [0.25, 0.3) is 0 Å². The first-order chi connectivity index (χ1) is 8.53. The Balaban J connectivity index is 3.74. The molecule has 0 aromatic carbocycles. The van der Waals surface area contributed by atoms with E-state index in [1.807, 2.05) is 0 Å². The Morgan fingerprint density at radius 3 is 1.89 bits per heavy atom. The van der Waals surface area contributed by atoms with Gasteiger partial charge in [-0.05, 0) is 6.92 Å². The normalized spacial score (nSPS) is 27.4. The highest BCUT2D eigenvalue weighted by Crippen LogP contribution is 2.34. The van der Waals surface area contributed by atoms with E-state index in [9.17, 15) is 30.3 Å². The molecule has 2 unspecified atom stereocenters. The van der Waals surface area contributed by atoms with E-state index in [4.69, 9.17) is 17.2 Å². The van der Waals surface area contributed by atoms with Gasteiger partial charge in [-0.15, -0.1) is 0 Å². The maximum Gasteiger partial charge on any atom is 0.324 e. The van der Waals surface area contributed by atoms with Crippen LogP contribution in [0.2, 0.25) is 0 Å². The van der Waals surface area contributed by atoms with E-state index < -0.39 is 49.1 Å². The molecular weight excluding hydrogens is 264 g/mol. The highest BCUT2D eigenvalue weighted by molar-refractivity contribution is 5.42. The van der Waals surface area contributed by atoms with Gasteiger partial charge in [-0.2, -0.15) is 0 Å². The highest BCUT2D eigenvalue weighted by atomic mass is 16.6. The lowest BCUT2D eigenvalue weighted by Crippen LogP contribution is -2.60. The molecule has 12 nitrogen and oxygen atoms in total. The Labute approximate surface area is 105 Å². The fraction of sp³-hybridized carbons (Fsp3) is 0.429. The molecule has 2 atom stereocenters. The predicted octanol–water partition coefficient (Wildman–Crippen LogP) is -1.74. The van der Waals surface area contributed by atoms with Gasteiger partial charge in [-0.25, -0.2) is 0 Å². The fourth-order valence-electron chi connectivity index (χ4n) is 1.97. The molecule has 1 aliphatic carbocycles. The lowest BCUT2D eigenvalue weighted by Gasteiger charge is -2.28. The number of nitrogens with two attached hydrogens (primary N) is 3. The van der Waals surface area contributed by atoms with E-state index in [0.29, 0.717) is 0 Å². The number of nitro groups is 3. The smallest absolute Gasteiger partial charge is 0.324 e. The largest absolute Gasteiger partial charge is 0.391 e. The molecule has 0 fully saturated rings. The van der Waals surface area contributed by atoms with Crippen molar-refractivity contribution in [2.24, 2.45) is 17.2 Å². The quantitative estimate of drug-likeness (QED) is 0.393. The number of hydrogen-bond acceptors (Lipinski definition) is 9. The monoisotopic (exact) mass is 274 g/mol. The first-order valence-corrected chi connectivity index (χ1v) is 4.74. The van der Waals surface area contributed by atoms with Crippen LogP contribution in [0.4, 0.5) is 0 Å². The number of nitrogens with zero attached hydrogens (tertiary/aromatic N) is 3. The predicted molar refractivity (Wildman–Crippen MR) is 59.8 cm³/mol. The summed E-state index contributed by atoms with van der Waals surface area (Å²) in [6.45, 7) is 0.967. The molecule has 0 aromatic rings. The minimum atomic E-state index is -2.17. The van der Waals surface area contributed by atoms with Gasteiger partial charge >= 0.3 is 11.4 Å². The topological polar surface area (TPSA) is 207 Å². The molecule has 1 aliphatic rings. The molecule has 0 radical (unpaired) electrons. The van der Waals surface area contributed by atoms with Crippen molar-refractivity contribution in [3.05, 3.63) is 53.1 Å². The zero-order valence-electron chi connectivity index (χ0n) is 9.60. The second-order valence-corrected chi connectivity index (χ2v) is 4.05. The molecule has 0 saturated carbocycles. The Morgan fingerprint density at radius 2 is 1.58 bits per heavy atom. The third-order valence-corrected chi connectivity index (χ3v) is 2.73. The minimum absolute atomic E-state index is 0.817. The van der Waals surface area contributed by atoms with Gasteiger partial charge < -0.3 is 17.2 Å². The summed E-state index contributed by atoms with van der Waals surface area (Å²) in [5.74, 6) is 0. The first kappa shape index (κ1) is 14.3. The van der Waals surface area contributed by atoms with Gasteiger partial charge in [0.2, 0.25) is 0 Å².